The van der Waals surface area contributed by atoms with Crippen molar-refractivity contribution in [2.75, 3.05) is 11.1 Å². The number of carbonyl (C=O) groups is 1. The van der Waals surface area contributed by atoms with Gasteiger partial charge in [0.05, 0.1) is 16.9 Å². The van der Waals surface area contributed by atoms with Gasteiger partial charge in [-0.1, -0.05) is 18.5 Å². The lowest BCUT2D eigenvalue weighted by atomic mass is 9.73. The first-order valence-electron chi connectivity index (χ1n) is 10.3. The lowest BCUT2D eigenvalue weighted by Crippen LogP contribution is -2.29. The molecule has 1 aromatic heterocycles. The van der Waals surface area contributed by atoms with Crippen molar-refractivity contribution in [2.24, 2.45) is 11.8 Å². The molecule has 3 aromatic rings. The Kier molecular flexibility index (Phi) is 5.91. The molecule has 1 saturated carbocycles. The SMILES string of the molecule is C[C@H](C(=O)Nc1ccc(Cl)cc1N)C1CCC(c2ccnc3ccc(F)cc23)CC1. The zero-order valence-electron chi connectivity index (χ0n) is 16.9. The second-order valence-corrected chi connectivity index (χ2v) is 8.62. The predicted molar refractivity (Wildman–Crippen MR) is 120 cm³/mol. The highest BCUT2D eigenvalue weighted by atomic mass is 35.5. The standard InChI is InChI=1S/C24H25ClFN3O/c1-14(24(30)29-23-8-6-17(25)12-21(23)27)15-2-4-16(5-3-15)19-10-11-28-22-9-7-18(26)13-20(19)22/h6-16H,2-5,27H2,1H3,(H,29,30)/t14-,15?,16?/m0/s1. The minimum absolute atomic E-state index is 0.0242. The number of carbonyl (C=O) groups excluding carboxylic acids is 1. The molecular weight excluding hydrogens is 401 g/mol. The third-order valence-electron chi connectivity index (χ3n) is 6.34. The molecule has 0 spiro atoms. The average Bonchev–Trinajstić information content (AvgIpc) is 2.75. The lowest BCUT2D eigenvalue weighted by Gasteiger charge is -2.32. The number of benzene rings is 2. The van der Waals surface area contributed by atoms with E-state index in [1.54, 1.807) is 36.5 Å². The van der Waals surface area contributed by atoms with E-state index >= 15 is 0 Å². The molecule has 2 aromatic carbocycles. The maximum absolute atomic E-state index is 13.8. The van der Waals surface area contributed by atoms with Crippen LogP contribution in [0.1, 0.15) is 44.1 Å². The summed E-state index contributed by atoms with van der Waals surface area (Å²) in [5.41, 5.74) is 8.99. The van der Waals surface area contributed by atoms with Gasteiger partial charge in [-0.25, -0.2) is 4.39 Å². The van der Waals surface area contributed by atoms with E-state index in [0.29, 0.717) is 28.2 Å². The van der Waals surface area contributed by atoms with E-state index in [4.69, 9.17) is 17.3 Å². The fraction of sp³-hybridized carbons (Fsp3) is 0.333. The molecule has 4 nitrogen and oxygen atoms in total. The number of aromatic nitrogens is 1. The quantitative estimate of drug-likeness (QED) is 0.492. The number of halogens is 2. The normalized spacial score (nSPS) is 20.1. The zero-order valence-corrected chi connectivity index (χ0v) is 17.6. The number of anilines is 2. The van der Waals surface area contributed by atoms with Crippen LogP contribution < -0.4 is 11.1 Å². The van der Waals surface area contributed by atoms with Gasteiger partial charge in [-0.2, -0.15) is 0 Å². The number of pyridine rings is 1. The van der Waals surface area contributed by atoms with Crippen molar-refractivity contribution < 1.29 is 9.18 Å². The summed E-state index contributed by atoms with van der Waals surface area (Å²) in [6, 6.07) is 11.8. The fourth-order valence-corrected chi connectivity index (χ4v) is 4.71. The third-order valence-corrected chi connectivity index (χ3v) is 6.58. The monoisotopic (exact) mass is 425 g/mol. The van der Waals surface area contributed by atoms with Crippen LogP contribution in [0.3, 0.4) is 0 Å². The first-order valence-corrected chi connectivity index (χ1v) is 10.7. The number of nitrogens with zero attached hydrogens (tertiary/aromatic N) is 1. The Bertz CT molecular complexity index is 1080. The highest BCUT2D eigenvalue weighted by molar-refractivity contribution is 6.31. The molecular formula is C24H25ClFN3O. The largest absolute Gasteiger partial charge is 0.397 e. The number of nitrogens with two attached hydrogens (primary N) is 1. The van der Waals surface area contributed by atoms with E-state index in [0.717, 1.165) is 42.1 Å². The molecule has 30 heavy (non-hydrogen) atoms. The summed E-state index contributed by atoms with van der Waals surface area (Å²) in [5, 5.41) is 4.37. The maximum atomic E-state index is 13.8. The number of hydrogen-bond acceptors (Lipinski definition) is 3. The van der Waals surface area contributed by atoms with Crippen molar-refractivity contribution in [1.29, 1.82) is 0 Å². The van der Waals surface area contributed by atoms with E-state index in [2.05, 4.69) is 10.3 Å². The Labute approximate surface area is 180 Å². The zero-order chi connectivity index (χ0) is 21.3. The molecule has 0 radical (unpaired) electrons. The van der Waals surface area contributed by atoms with Gasteiger partial charge in [0.15, 0.2) is 0 Å². The molecule has 6 heteroatoms. The Balaban J connectivity index is 1.42. The van der Waals surface area contributed by atoms with Gasteiger partial charge < -0.3 is 11.1 Å². The van der Waals surface area contributed by atoms with Gasteiger partial charge in [0.25, 0.3) is 0 Å². The topological polar surface area (TPSA) is 68.0 Å². The van der Waals surface area contributed by atoms with Crippen LogP contribution in [0.4, 0.5) is 15.8 Å². The molecule has 1 aliphatic carbocycles. The van der Waals surface area contributed by atoms with E-state index in [9.17, 15) is 9.18 Å². The van der Waals surface area contributed by atoms with Crippen molar-refractivity contribution in [2.45, 2.75) is 38.5 Å². The first kappa shape index (κ1) is 20.6. The van der Waals surface area contributed by atoms with Crippen LogP contribution in [0.15, 0.2) is 48.7 Å². The molecule has 156 valence electrons. The number of amides is 1. The van der Waals surface area contributed by atoms with Crippen molar-refractivity contribution in [3.63, 3.8) is 0 Å². The summed E-state index contributed by atoms with van der Waals surface area (Å²) < 4.78 is 13.8. The second kappa shape index (κ2) is 8.60. The van der Waals surface area contributed by atoms with E-state index < -0.39 is 0 Å². The number of hydrogen-bond donors (Lipinski definition) is 2. The highest BCUT2D eigenvalue weighted by Crippen LogP contribution is 2.41. The first-order chi connectivity index (χ1) is 14.4. The van der Waals surface area contributed by atoms with Gasteiger partial charge in [-0.15, -0.1) is 0 Å². The second-order valence-electron chi connectivity index (χ2n) is 8.18. The lowest BCUT2D eigenvalue weighted by molar-refractivity contribution is -0.121. The number of nitrogen functional groups attached to an aromatic ring is 1. The van der Waals surface area contributed by atoms with Gasteiger partial charge in [0.1, 0.15) is 5.82 Å². The van der Waals surface area contributed by atoms with Crippen LogP contribution in [0.25, 0.3) is 10.9 Å². The predicted octanol–water partition coefficient (Wildman–Crippen LogP) is 6.16. The van der Waals surface area contributed by atoms with Crippen LogP contribution >= 0.6 is 11.6 Å². The molecule has 1 aliphatic rings. The summed E-state index contributed by atoms with van der Waals surface area (Å²) in [6.45, 7) is 1.98. The van der Waals surface area contributed by atoms with E-state index in [-0.39, 0.29) is 17.6 Å². The Morgan fingerprint density at radius 3 is 2.67 bits per heavy atom. The Hall–Kier alpha value is -2.66. The van der Waals surface area contributed by atoms with Crippen LogP contribution in [0, 0.1) is 17.7 Å². The molecule has 1 amide bonds. The van der Waals surface area contributed by atoms with Crippen molar-refractivity contribution >= 4 is 39.8 Å². The highest BCUT2D eigenvalue weighted by Gasteiger charge is 2.30. The molecule has 0 unspecified atom stereocenters. The van der Waals surface area contributed by atoms with Crippen LogP contribution in [0.2, 0.25) is 5.02 Å². The molecule has 3 N–H and O–H groups in total. The maximum Gasteiger partial charge on any atom is 0.227 e. The van der Waals surface area contributed by atoms with Crippen LogP contribution in [-0.2, 0) is 4.79 Å². The molecule has 1 atom stereocenters. The van der Waals surface area contributed by atoms with Gasteiger partial charge in [-0.05, 0) is 85.5 Å². The van der Waals surface area contributed by atoms with Gasteiger partial charge in [0.2, 0.25) is 5.91 Å². The van der Waals surface area contributed by atoms with Gasteiger partial charge in [-0.3, -0.25) is 9.78 Å². The minimum Gasteiger partial charge on any atom is -0.397 e. The number of rotatable bonds is 4. The van der Waals surface area contributed by atoms with Crippen molar-refractivity contribution in [3.8, 4) is 0 Å². The smallest absolute Gasteiger partial charge is 0.227 e. The van der Waals surface area contributed by atoms with E-state index in [1.807, 2.05) is 13.0 Å². The summed E-state index contributed by atoms with van der Waals surface area (Å²) >= 11 is 5.93. The van der Waals surface area contributed by atoms with Gasteiger partial charge >= 0.3 is 0 Å². The van der Waals surface area contributed by atoms with Crippen molar-refractivity contribution in [3.05, 3.63) is 65.1 Å². The molecule has 1 fully saturated rings. The van der Waals surface area contributed by atoms with Crippen molar-refractivity contribution in [1.82, 2.24) is 4.98 Å². The number of fused-ring (bicyclic) bond motifs is 1. The molecule has 1 heterocycles. The summed E-state index contributed by atoms with van der Waals surface area (Å²) in [4.78, 5) is 17.1. The average molecular weight is 426 g/mol. The summed E-state index contributed by atoms with van der Waals surface area (Å²) in [7, 11) is 0. The van der Waals surface area contributed by atoms with E-state index in [1.165, 1.54) is 6.07 Å². The third kappa shape index (κ3) is 4.26. The minimum atomic E-state index is -0.239. The molecule has 4 rings (SSSR count). The van der Waals surface area contributed by atoms with Crippen LogP contribution in [0.5, 0.6) is 0 Å². The fourth-order valence-electron chi connectivity index (χ4n) is 4.53. The molecule has 0 saturated heterocycles. The molecule has 0 aliphatic heterocycles. The molecule has 0 bridgehead atoms. The van der Waals surface area contributed by atoms with Gasteiger partial charge in [0, 0.05) is 22.5 Å². The Morgan fingerprint density at radius 1 is 1.17 bits per heavy atom. The summed E-state index contributed by atoms with van der Waals surface area (Å²) in [6.07, 6.45) is 5.65. The summed E-state index contributed by atoms with van der Waals surface area (Å²) in [5.74, 6) is 0.282. The number of nitrogens with one attached hydrogen (secondary N) is 1. The van der Waals surface area contributed by atoms with Crippen LogP contribution in [-0.4, -0.2) is 10.9 Å². The Morgan fingerprint density at radius 2 is 1.93 bits per heavy atom.